The Morgan fingerprint density at radius 1 is 1.07 bits per heavy atom. The predicted molar refractivity (Wildman–Crippen MR) is 151 cm³/mol. The molecule has 0 bridgehead atoms. The molecule has 0 saturated carbocycles. The first-order valence-corrected chi connectivity index (χ1v) is 14.4. The molecule has 2 aliphatic rings. The fourth-order valence-electron chi connectivity index (χ4n) is 5.11. The van der Waals surface area contributed by atoms with Crippen molar-refractivity contribution < 1.29 is 28.2 Å². The number of thiophene rings is 1. The summed E-state index contributed by atoms with van der Waals surface area (Å²) in [6.45, 7) is 4.70. The standard InChI is InChI=1S/C30H34FN3O5S/c1-37-25-4-2-3-22(19-25)30(36)33(13-12-32-14-16-38-17-15-32)20-29(35)34-11-9-28-26(10-18-40-28)27(34)21-39-24-7-5-23(31)6-8-24/h2-8,10,18-19,27H,9,11-17,20-21H2,1H3. The molecular weight excluding hydrogens is 533 g/mol. The molecule has 1 aromatic heterocycles. The number of amides is 2. The van der Waals surface area contributed by atoms with Crippen LogP contribution < -0.4 is 9.47 Å². The van der Waals surface area contributed by atoms with Gasteiger partial charge in [-0.3, -0.25) is 14.5 Å². The topological polar surface area (TPSA) is 71.6 Å². The number of carbonyl (C=O) groups is 2. The third-order valence-electron chi connectivity index (χ3n) is 7.36. The molecule has 10 heteroatoms. The molecule has 0 aliphatic carbocycles. The van der Waals surface area contributed by atoms with Crippen molar-refractivity contribution in [1.29, 1.82) is 0 Å². The Bertz CT molecular complexity index is 1290. The van der Waals surface area contributed by atoms with E-state index in [-0.39, 0.29) is 36.8 Å². The smallest absolute Gasteiger partial charge is 0.254 e. The largest absolute Gasteiger partial charge is 0.497 e. The molecule has 1 atom stereocenters. The maximum absolute atomic E-state index is 13.9. The number of fused-ring (bicyclic) bond motifs is 1. The number of carbonyl (C=O) groups excluding carboxylic acids is 2. The minimum atomic E-state index is -0.334. The van der Waals surface area contributed by atoms with E-state index in [9.17, 15) is 14.0 Å². The van der Waals surface area contributed by atoms with Crippen LogP contribution in [0.15, 0.2) is 60.0 Å². The Balaban J connectivity index is 1.33. The summed E-state index contributed by atoms with van der Waals surface area (Å²) >= 11 is 1.67. The van der Waals surface area contributed by atoms with Gasteiger partial charge in [0.05, 0.1) is 26.4 Å². The van der Waals surface area contributed by atoms with E-state index in [1.54, 1.807) is 59.7 Å². The van der Waals surface area contributed by atoms with Crippen LogP contribution in [0.5, 0.6) is 11.5 Å². The van der Waals surface area contributed by atoms with Crippen molar-refractivity contribution in [3.63, 3.8) is 0 Å². The SMILES string of the molecule is COc1cccc(C(=O)N(CCN2CCOCC2)CC(=O)N2CCc3sccc3C2COc2ccc(F)cc2)c1. The van der Waals surface area contributed by atoms with Crippen molar-refractivity contribution in [2.24, 2.45) is 0 Å². The van der Waals surface area contributed by atoms with Gasteiger partial charge in [-0.1, -0.05) is 6.07 Å². The molecule has 0 spiro atoms. The van der Waals surface area contributed by atoms with Gasteiger partial charge in [0.2, 0.25) is 5.91 Å². The molecule has 40 heavy (non-hydrogen) atoms. The van der Waals surface area contributed by atoms with Crippen LogP contribution in [-0.4, -0.2) is 92.7 Å². The second-order valence-electron chi connectivity index (χ2n) is 9.83. The van der Waals surface area contributed by atoms with E-state index in [0.29, 0.717) is 49.9 Å². The van der Waals surface area contributed by atoms with E-state index >= 15 is 0 Å². The summed E-state index contributed by atoms with van der Waals surface area (Å²) in [6.07, 6.45) is 0.753. The molecule has 8 nitrogen and oxygen atoms in total. The number of hydrogen-bond acceptors (Lipinski definition) is 7. The average molecular weight is 568 g/mol. The third-order valence-corrected chi connectivity index (χ3v) is 8.35. The average Bonchev–Trinajstić information content (AvgIpc) is 3.48. The maximum Gasteiger partial charge on any atom is 0.254 e. The van der Waals surface area contributed by atoms with Crippen molar-refractivity contribution in [1.82, 2.24) is 14.7 Å². The van der Waals surface area contributed by atoms with Crippen LogP contribution in [-0.2, 0) is 16.0 Å². The summed E-state index contributed by atoms with van der Waals surface area (Å²) < 4.78 is 30.2. The van der Waals surface area contributed by atoms with Gasteiger partial charge in [-0.15, -0.1) is 11.3 Å². The summed E-state index contributed by atoms with van der Waals surface area (Å²) in [5, 5.41) is 2.03. The molecule has 2 aliphatic heterocycles. The number of nitrogens with zero attached hydrogens (tertiary/aromatic N) is 3. The molecule has 3 heterocycles. The Labute approximate surface area is 237 Å². The summed E-state index contributed by atoms with van der Waals surface area (Å²) in [6, 6.07) is 14.6. The lowest BCUT2D eigenvalue weighted by Gasteiger charge is -2.37. The van der Waals surface area contributed by atoms with Crippen molar-refractivity contribution in [3.05, 3.63) is 81.8 Å². The second-order valence-corrected chi connectivity index (χ2v) is 10.8. The highest BCUT2D eigenvalue weighted by Gasteiger charge is 2.34. The monoisotopic (exact) mass is 567 g/mol. The van der Waals surface area contributed by atoms with Crippen molar-refractivity contribution >= 4 is 23.2 Å². The highest BCUT2D eigenvalue weighted by atomic mass is 32.1. The van der Waals surface area contributed by atoms with Crippen LogP contribution in [0.2, 0.25) is 0 Å². The summed E-state index contributed by atoms with van der Waals surface area (Å²) in [4.78, 5) is 34.5. The fourth-order valence-corrected chi connectivity index (χ4v) is 6.04. The molecule has 212 valence electrons. The lowest BCUT2D eigenvalue weighted by molar-refractivity contribution is -0.135. The Morgan fingerprint density at radius 2 is 1.88 bits per heavy atom. The van der Waals surface area contributed by atoms with Gasteiger partial charge < -0.3 is 24.0 Å². The van der Waals surface area contributed by atoms with Gasteiger partial charge in [0.15, 0.2) is 0 Å². The van der Waals surface area contributed by atoms with Crippen molar-refractivity contribution in [2.75, 3.05) is 66.2 Å². The molecule has 3 aromatic rings. The molecule has 2 aromatic carbocycles. The molecular formula is C30H34FN3O5S. The zero-order valence-electron chi connectivity index (χ0n) is 22.6. The number of methoxy groups -OCH3 is 1. The highest BCUT2D eigenvalue weighted by Crippen LogP contribution is 2.34. The number of rotatable bonds is 10. The first kappa shape index (κ1) is 28.1. The molecule has 2 amide bonds. The lowest BCUT2D eigenvalue weighted by atomic mass is 10.0. The van der Waals surface area contributed by atoms with Crippen LogP contribution in [0.4, 0.5) is 4.39 Å². The van der Waals surface area contributed by atoms with Gasteiger partial charge >= 0.3 is 0 Å². The third kappa shape index (κ3) is 6.80. The van der Waals surface area contributed by atoms with Gasteiger partial charge in [0.25, 0.3) is 5.91 Å². The molecule has 1 fully saturated rings. The molecule has 0 radical (unpaired) electrons. The van der Waals surface area contributed by atoms with E-state index in [0.717, 1.165) is 25.1 Å². The minimum absolute atomic E-state index is 0.0487. The number of hydrogen-bond donors (Lipinski definition) is 0. The number of morpholine rings is 1. The van der Waals surface area contributed by atoms with Gasteiger partial charge in [0, 0.05) is 43.2 Å². The second kappa shape index (κ2) is 13.3. The van der Waals surface area contributed by atoms with E-state index in [4.69, 9.17) is 14.2 Å². The Hall–Kier alpha value is -3.47. The summed E-state index contributed by atoms with van der Waals surface area (Å²) in [5.41, 5.74) is 1.54. The van der Waals surface area contributed by atoms with E-state index in [1.165, 1.54) is 17.0 Å². The zero-order chi connectivity index (χ0) is 27.9. The van der Waals surface area contributed by atoms with Crippen molar-refractivity contribution in [3.8, 4) is 11.5 Å². The van der Waals surface area contributed by atoms with Crippen LogP contribution in [0.1, 0.15) is 26.8 Å². The first-order chi connectivity index (χ1) is 19.5. The van der Waals surface area contributed by atoms with Gasteiger partial charge in [-0.2, -0.15) is 0 Å². The lowest BCUT2D eigenvalue weighted by Crippen LogP contribution is -2.49. The Morgan fingerprint density at radius 3 is 2.65 bits per heavy atom. The quantitative estimate of drug-likeness (QED) is 0.371. The first-order valence-electron chi connectivity index (χ1n) is 13.5. The Kier molecular flexibility index (Phi) is 9.30. The number of benzene rings is 2. The van der Waals surface area contributed by atoms with E-state index < -0.39 is 0 Å². The van der Waals surface area contributed by atoms with Gasteiger partial charge in [0.1, 0.15) is 30.5 Å². The van der Waals surface area contributed by atoms with Crippen LogP contribution in [0.25, 0.3) is 0 Å². The molecule has 5 rings (SSSR count). The van der Waals surface area contributed by atoms with Crippen LogP contribution in [0.3, 0.4) is 0 Å². The normalized spacial score (nSPS) is 17.2. The summed E-state index contributed by atoms with van der Waals surface area (Å²) in [5.74, 6) is 0.441. The molecule has 1 saturated heterocycles. The zero-order valence-corrected chi connectivity index (χ0v) is 23.4. The number of ether oxygens (including phenoxy) is 3. The summed E-state index contributed by atoms with van der Waals surface area (Å²) in [7, 11) is 1.56. The maximum atomic E-state index is 13.9. The van der Waals surface area contributed by atoms with Crippen LogP contribution in [0, 0.1) is 5.82 Å². The van der Waals surface area contributed by atoms with Gasteiger partial charge in [-0.25, -0.2) is 4.39 Å². The van der Waals surface area contributed by atoms with Crippen molar-refractivity contribution in [2.45, 2.75) is 12.5 Å². The number of halogens is 1. The van der Waals surface area contributed by atoms with E-state index in [1.807, 2.05) is 16.3 Å². The fraction of sp³-hybridized carbons (Fsp3) is 0.400. The molecule has 1 unspecified atom stereocenters. The van der Waals surface area contributed by atoms with Gasteiger partial charge in [-0.05, 0) is 65.9 Å². The molecule has 0 N–H and O–H groups in total. The minimum Gasteiger partial charge on any atom is -0.497 e. The predicted octanol–water partition coefficient (Wildman–Crippen LogP) is 3.88. The highest BCUT2D eigenvalue weighted by molar-refractivity contribution is 7.10. The van der Waals surface area contributed by atoms with Crippen LogP contribution >= 0.6 is 11.3 Å². The van der Waals surface area contributed by atoms with E-state index in [2.05, 4.69) is 4.90 Å².